The average molecular weight is 376 g/mol. The van der Waals surface area contributed by atoms with Gasteiger partial charge in [0.25, 0.3) is 0 Å². The summed E-state index contributed by atoms with van der Waals surface area (Å²) in [7, 11) is 0. The normalized spacial score (nSPS) is 18.9. The van der Waals surface area contributed by atoms with Gasteiger partial charge in [0.2, 0.25) is 0 Å². The maximum absolute atomic E-state index is 13.9. The highest BCUT2D eigenvalue weighted by Gasteiger charge is 2.35. The van der Waals surface area contributed by atoms with Crippen molar-refractivity contribution in [3.05, 3.63) is 83.7 Å². The van der Waals surface area contributed by atoms with Crippen molar-refractivity contribution < 1.29 is 17.9 Å². The number of fused-ring (bicyclic) bond motifs is 1. The predicted octanol–water partition coefficient (Wildman–Crippen LogP) is 4.73. The van der Waals surface area contributed by atoms with Crippen LogP contribution in [-0.4, -0.2) is 14.8 Å². The molecule has 3 aromatic rings. The molecule has 0 N–H and O–H groups in total. The minimum atomic E-state index is -0.652. The van der Waals surface area contributed by atoms with E-state index < -0.39 is 17.7 Å². The fourth-order valence-corrected chi connectivity index (χ4v) is 4.43. The number of aromatic nitrogens is 2. The molecule has 1 aliphatic heterocycles. The van der Waals surface area contributed by atoms with Crippen molar-refractivity contribution >= 4 is 11.8 Å². The molecular formula is C19H15F3N2OS. The van der Waals surface area contributed by atoms with Gasteiger partial charge in [0.05, 0.1) is 24.3 Å². The summed E-state index contributed by atoms with van der Waals surface area (Å²) in [4.78, 5) is 4.94. The Balaban J connectivity index is 1.60. The summed E-state index contributed by atoms with van der Waals surface area (Å²) in [5, 5.41) is -0.0594. The van der Waals surface area contributed by atoms with E-state index in [1.165, 1.54) is 30.3 Å². The Kier molecular flexibility index (Phi) is 4.74. The largest absolute Gasteiger partial charge is 0.367 e. The van der Waals surface area contributed by atoms with Crippen molar-refractivity contribution in [2.75, 3.05) is 0 Å². The van der Waals surface area contributed by atoms with Crippen LogP contribution in [0.4, 0.5) is 13.2 Å². The molecule has 26 heavy (non-hydrogen) atoms. The van der Waals surface area contributed by atoms with E-state index >= 15 is 0 Å². The van der Waals surface area contributed by atoms with Crippen LogP contribution in [0.5, 0.6) is 0 Å². The zero-order valence-electron chi connectivity index (χ0n) is 13.6. The van der Waals surface area contributed by atoms with E-state index in [-0.39, 0.29) is 23.2 Å². The number of benzene rings is 2. The van der Waals surface area contributed by atoms with Crippen molar-refractivity contribution in [3.63, 3.8) is 0 Å². The zero-order valence-corrected chi connectivity index (χ0v) is 14.4. The second kappa shape index (κ2) is 7.17. The van der Waals surface area contributed by atoms with Gasteiger partial charge in [-0.25, -0.2) is 18.2 Å². The highest BCUT2D eigenvalue weighted by molar-refractivity contribution is 8.00. The molecule has 0 spiro atoms. The Morgan fingerprint density at radius 3 is 2.65 bits per heavy atom. The molecule has 7 heteroatoms. The number of rotatable bonds is 5. The summed E-state index contributed by atoms with van der Waals surface area (Å²) in [5.41, 5.74) is 0.584. The smallest absolute Gasteiger partial charge is 0.131 e. The van der Waals surface area contributed by atoms with Crippen molar-refractivity contribution in [3.8, 4) is 0 Å². The Labute approximate surface area is 152 Å². The van der Waals surface area contributed by atoms with Crippen LogP contribution in [0.25, 0.3) is 0 Å². The van der Waals surface area contributed by atoms with Gasteiger partial charge in [0.1, 0.15) is 17.5 Å². The SMILES string of the molecule is Fc1ccc2c(c1)[C@H](OCc1c(F)cccc1F)[C@@H](Cn1ccnc1)S2. The lowest BCUT2D eigenvalue weighted by Crippen LogP contribution is -2.20. The van der Waals surface area contributed by atoms with E-state index in [2.05, 4.69) is 4.98 Å². The predicted molar refractivity (Wildman–Crippen MR) is 92.2 cm³/mol. The second-order valence-electron chi connectivity index (χ2n) is 6.03. The number of hydrogen-bond acceptors (Lipinski definition) is 3. The third-order valence-electron chi connectivity index (χ3n) is 4.31. The lowest BCUT2D eigenvalue weighted by atomic mass is 10.1. The Morgan fingerprint density at radius 1 is 1.12 bits per heavy atom. The van der Waals surface area contributed by atoms with Crippen LogP contribution in [0.3, 0.4) is 0 Å². The van der Waals surface area contributed by atoms with E-state index in [0.29, 0.717) is 12.1 Å². The van der Waals surface area contributed by atoms with Crippen molar-refractivity contribution in [2.24, 2.45) is 0 Å². The second-order valence-corrected chi connectivity index (χ2v) is 7.31. The van der Waals surface area contributed by atoms with E-state index in [9.17, 15) is 13.2 Å². The van der Waals surface area contributed by atoms with Gasteiger partial charge in [-0.15, -0.1) is 11.8 Å². The number of thioether (sulfide) groups is 1. The van der Waals surface area contributed by atoms with Crippen LogP contribution >= 0.6 is 11.8 Å². The molecule has 0 amide bonds. The number of hydrogen-bond donors (Lipinski definition) is 0. The van der Waals surface area contributed by atoms with E-state index in [1.54, 1.807) is 30.4 Å². The number of halogens is 3. The lowest BCUT2D eigenvalue weighted by molar-refractivity contribution is 0.0333. The first kappa shape index (κ1) is 17.2. The summed E-state index contributed by atoms with van der Waals surface area (Å²) >= 11 is 1.57. The molecule has 2 aromatic carbocycles. The number of nitrogens with zero attached hydrogens (tertiary/aromatic N) is 2. The number of ether oxygens (including phenoxy) is 1. The summed E-state index contributed by atoms with van der Waals surface area (Å²) in [6.45, 7) is 0.367. The fourth-order valence-electron chi connectivity index (χ4n) is 3.05. The van der Waals surface area contributed by atoms with Gasteiger partial charge in [-0.2, -0.15) is 0 Å². The minimum absolute atomic E-state index is 0.0594. The fraction of sp³-hybridized carbons (Fsp3) is 0.211. The third-order valence-corrected chi connectivity index (χ3v) is 5.64. The number of imidazole rings is 1. The molecule has 0 unspecified atom stereocenters. The Morgan fingerprint density at radius 2 is 1.92 bits per heavy atom. The molecule has 134 valence electrons. The molecule has 0 radical (unpaired) electrons. The van der Waals surface area contributed by atoms with Crippen LogP contribution in [0, 0.1) is 17.5 Å². The minimum Gasteiger partial charge on any atom is -0.367 e. The van der Waals surface area contributed by atoms with Crippen LogP contribution < -0.4 is 0 Å². The highest BCUT2D eigenvalue weighted by Crippen LogP contribution is 2.47. The summed E-state index contributed by atoms with van der Waals surface area (Å²) < 4.78 is 49.3. The van der Waals surface area contributed by atoms with Crippen LogP contribution in [0.1, 0.15) is 17.2 Å². The Hall–Kier alpha value is -2.25. The van der Waals surface area contributed by atoms with Crippen molar-refractivity contribution in [1.82, 2.24) is 9.55 Å². The molecule has 4 rings (SSSR count). The molecule has 0 aliphatic carbocycles. The first-order chi connectivity index (χ1) is 12.6. The summed E-state index contributed by atoms with van der Waals surface area (Å²) in [5.74, 6) is -1.67. The lowest BCUT2D eigenvalue weighted by Gasteiger charge is -2.21. The molecule has 0 saturated carbocycles. The molecule has 2 atom stereocenters. The maximum Gasteiger partial charge on any atom is 0.131 e. The topological polar surface area (TPSA) is 27.1 Å². The van der Waals surface area contributed by atoms with Gasteiger partial charge in [-0.3, -0.25) is 0 Å². The van der Waals surface area contributed by atoms with E-state index in [4.69, 9.17) is 4.74 Å². The van der Waals surface area contributed by atoms with Gasteiger partial charge in [0, 0.05) is 29.4 Å². The molecular weight excluding hydrogens is 361 g/mol. The monoisotopic (exact) mass is 376 g/mol. The van der Waals surface area contributed by atoms with Gasteiger partial charge >= 0.3 is 0 Å². The molecule has 1 aromatic heterocycles. The van der Waals surface area contributed by atoms with Gasteiger partial charge in [-0.05, 0) is 35.9 Å². The molecule has 2 heterocycles. The first-order valence-corrected chi connectivity index (χ1v) is 8.96. The van der Waals surface area contributed by atoms with Gasteiger partial charge in [-0.1, -0.05) is 6.07 Å². The Bertz CT molecular complexity index is 897. The summed E-state index contributed by atoms with van der Waals surface area (Å²) in [6, 6.07) is 8.25. The molecule has 0 bridgehead atoms. The molecule has 0 saturated heterocycles. The van der Waals surface area contributed by atoms with Gasteiger partial charge < -0.3 is 9.30 Å². The van der Waals surface area contributed by atoms with Gasteiger partial charge in [0.15, 0.2) is 0 Å². The van der Waals surface area contributed by atoms with Crippen molar-refractivity contribution in [1.29, 1.82) is 0 Å². The molecule has 0 fully saturated rings. The first-order valence-electron chi connectivity index (χ1n) is 8.08. The maximum atomic E-state index is 13.9. The van der Waals surface area contributed by atoms with Crippen molar-refractivity contribution in [2.45, 2.75) is 29.4 Å². The third kappa shape index (κ3) is 3.37. The van der Waals surface area contributed by atoms with E-state index in [0.717, 1.165) is 4.90 Å². The zero-order chi connectivity index (χ0) is 18.1. The molecule has 1 aliphatic rings. The quantitative estimate of drug-likeness (QED) is 0.644. The highest BCUT2D eigenvalue weighted by atomic mass is 32.2. The average Bonchev–Trinajstić information content (AvgIpc) is 3.23. The standard InChI is InChI=1S/C19H15F3N2OS/c20-12-4-5-17-13(8-12)19(18(26-17)9-24-7-6-23-11-24)25-10-14-15(21)2-1-3-16(14)22/h1-8,11,18-19H,9-10H2/t18-,19+/m1/s1. The molecule has 3 nitrogen and oxygen atoms in total. The van der Waals surface area contributed by atoms with Crippen LogP contribution in [0.15, 0.2) is 60.0 Å². The van der Waals surface area contributed by atoms with Crippen LogP contribution in [0.2, 0.25) is 0 Å². The van der Waals surface area contributed by atoms with E-state index in [1.807, 2.05) is 10.8 Å². The summed E-state index contributed by atoms with van der Waals surface area (Å²) in [6.07, 6.45) is 4.72. The van der Waals surface area contributed by atoms with Crippen LogP contribution in [-0.2, 0) is 17.9 Å².